The number of sulfonamides is 1. The lowest BCUT2D eigenvalue weighted by Crippen LogP contribution is -2.15. The molecule has 0 unspecified atom stereocenters. The molecule has 1 aromatic heterocycles. The van der Waals surface area contributed by atoms with Crippen LogP contribution in [0.2, 0.25) is 0 Å². The fraction of sp³-hybridized carbons (Fsp3) is 0.174. The minimum Gasteiger partial charge on any atom is -0.328 e. The molecule has 0 bridgehead atoms. The topological polar surface area (TPSA) is 64.0 Å². The molecule has 3 aromatic carbocycles. The van der Waals surface area contributed by atoms with E-state index in [4.69, 9.17) is 4.98 Å². The molecule has 0 fully saturated rings. The van der Waals surface area contributed by atoms with Gasteiger partial charge in [0.25, 0.3) is 10.0 Å². The number of rotatable bonds is 7. The van der Waals surface area contributed by atoms with Gasteiger partial charge in [-0.25, -0.2) is 17.8 Å². The summed E-state index contributed by atoms with van der Waals surface area (Å²) < 4.78 is 43.7. The summed E-state index contributed by atoms with van der Waals surface area (Å²) in [6.07, 6.45) is 1.28. The quantitative estimate of drug-likeness (QED) is 0.465. The Balaban J connectivity index is 1.59. The Hall–Kier alpha value is -3.19. The van der Waals surface area contributed by atoms with Crippen molar-refractivity contribution in [3.8, 4) is 0 Å². The van der Waals surface area contributed by atoms with E-state index in [2.05, 4.69) is 22.3 Å². The lowest BCUT2D eigenvalue weighted by atomic mass is 10.1. The molecule has 1 N–H and O–H groups in total. The van der Waals surface area contributed by atoms with E-state index < -0.39 is 15.8 Å². The summed E-state index contributed by atoms with van der Waals surface area (Å²) in [7, 11) is -3.89. The molecule has 0 atom stereocenters. The third-order valence-corrected chi connectivity index (χ3v) is 6.40. The molecule has 4 aromatic rings. The number of aromatic nitrogens is 2. The summed E-state index contributed by atoms with van der Waals surface area (Å²) >= 11 is 0. The normalized spacial score (nSPS) is 11.7. The summed E-state index contributed by atoms with van der Waals surface area (Å²) in [5, 5.41) is 0. The largest absolute Gasteiger partial charge is 0.328 e. The van der Waals surface area contributed by atoms with Crippen LogP contribution in [0, 0.1) is 5.82 Å². The standard InChI is InChI=1S/C23H22FN3O2S/c1-2-27-22-13-6-5-12-21(22)25-23(27)15-14-17-8-3-4-11-20(17)26-30(28,29)19-10-7-9-18(24)16-19/h3-13,16,26H,2,14-15H2,1H3. The Bertz CT molecular complexity index is 1300. The second-order valence-electron chi connectivity index (χ2n) is 6.98. The van der Waals surface area contributed by atoms with Crippen LogP contribution in [-0.2, 0) is 29.4 Å². The Morgan fingerprint density at radius 1 is 0.967 bits per heavy atom. The monoisotopic (exact) mass is 423 g/mol. The molecule has 7 heteroatoms. The molecule has 5 nitrogen and oxygen atoms in total. The molecule has 0 radical (unpaired) electrons. The number of hydrogen-bond acceptors (Lipinski definition) is 3. The lowest BCUT2D eigenvalue weighted by molar-refractivity contribution is 0.595. The average Bonchev–Trinajstić information content (AvgIpc) is 3.10. The van der Waals surface area contributed by atoms with Gasteiger partial charge in [-0.1, -0.05) is 36.4 Å². The maximum Gasteiger partial charge on any atom is 0.262 e. The molecular formula is C23H22FN3O2S. The van der Waals surface area contributed by atoms with E-state index in [0.717, 1.165) is 35.0 Å². The van der Waals surface area contributed by atoms with Crippen LogP contribution in [0.15, 0.2) is 77.7 Å². The number of aryl methyl sites for hydroxylation is 3. The zero-order valence-electron chi connectivity index (χ0n) is 16.5. The highest BCUT2D eigenvalue weighted by atomic mass is 32.2. The number of hydrogen-bond donors (Lipinski definition) is 1. The summed E-state index contributed by atoms with van der Waals surface area (Å²) in [4.78, 5) is 4.64. The minimum atomic E-state index is -3.89. The number of halogens is 1. The van der Waals surface area contributed by atoms with Crippen molar-refractivity contribution in [3.63, 3.8) is 0 Å². The second kappa shape index (κ2) is 8.28. The number of imidazole rings is 1. The number of para-hydroxylation sites is 3. The molecule has 0 aliphatic carbocycles. The maximum atomic E-state index is 13.5. The van der Waals surface area contributed by atoms with Crippen LogP contribution in [0.25, 0.3) is 11.0 Å². The van der Waals surface area contributed by atoms with Gasteiger partial charge in [0, 0.05) is 13.0 Å². The van der Waals surface area contributed by atoms with Crippen molar-refractivity contribution < 1.29 is 12.8 Å². The van der Waals surface area contributed by atoms with Crippen molar-refractivity contribution in [1.29, 1.82) is 0 Å². The van der Waals surface area contributed by atoms with E-state index >= 15 is 0 Å². The summed E-state index contributed by atoms with van der Waals surface area (Å²) in [5.74, 6) is 0.367. The summed E-state index contributed by atoms with van der Waals surface area (Å²) in [5.41, 5.74) is 3.39. The molecule has 154 valence electrons. The SMILES string of the molecule is CCn1c(CCc2ccccc2NS(=O)(=O)c2cccc(F)c2)nc2ccccc21. The highest BCUT2D eigenvalue weighted by Crippen LogP contribution is 2.23. The van der Waals surface area contributed by atoms with E-state index in [1.54, 1.807) is 12.1 Å². The first-order valence-electron chi connectivity index (χ1n) is 9.78. The van der Waals surface area contributed by atoms with Gasteiger partial charge >= 0.3 is 0 Å². The number of nitrogens with zero attached hydrogens (tertiary/aromatic N) is 2. The third kappa shape index (κ3) is 4.07. The zero-order valence-corrected chi connectivity index (χ0v) is 17.4. The zero-order chi connectivity index (χ0) is 21.1. The van der Waals surface area contributed by atoms with Gasteiger partial charge in [-0.2, -0.15) is 0 Å². The Morgan fingerprint density at radius 3 is 2.53 bits per heavy atom. The number of benzene rings is 3. The van der Waals surface area contributed by atoms with Crippen LogP contribution in [0.3, 0.4) is 0 Å². The molecule has 0 aliphatic rings. The number of nitrogens with one attached hydrogen (secondary N) is 1. The number of fused-ring (bicyclic) bond motifs is 1. The molecule has 0 spiro atoms. The van der Waals surface area contributed by atoms with Crippen LogP contribution in [0.4, 0.5) is 10.1 Å². The van der Waals surface area contributed by atoms with E-state index in [0.29, 0.717) is 18.5 Å². The van der Waals surface area contributed by atoms with Crippen molar-refractivity contribution >= 4 is 26.7 Å². The first-order chi connectivity index (χ1) is 14.5. The van der Waals surface area contributed by atoms with Crippen molar-refractivity contribution in [2.24, 2.45) is 0 Å². The molecule has 0 saturated heterocycles. The fourth-order valence-corrected chi connectivity index (χ4v) is 4.72. The predicted octanol–water partition coefficient (Wildman–Crippen LogP) is 4.78. The third-order valence-electron chi connectivity index (χ3n) is 5.04. The van der Waals surface area contributed by atoms with Crippen LogP contribution in [0.5, 0.6) is 0 Å². The van der Waals surface area contributed by atoms with Gasteiger partial charge < -0.3 is 4.57 Å². The van der Waals surface area contributed by atoms with Crippen LogP contribution < -0.4 is 4.72 Å². The molecule has 4 rings (SSSR count). The van der Waals surface area contributed by atoms with Gasteiger partial charge in [-0.3, -0.25) is 4.72 Å². The molecule has 0 aliphatic heterocycles. The van der Waals surface area contributed by atoms with Gasteiger partial charge in [0.15, 0.2) is 0 Å². The van der Waals surface area contributed by atoms with Crippen LogP contribution in [0.1, 0.15) is 18.3 Å². The summed E-state index contributed by atoms with van der Waals surface area (Å²) in [6, 6.07) is 20.2. The first-order valence-corrected chi connectivity index (χ1v) is 11.3. The van der Waals surface area contributed by atoms with Gasteiger partial charge in [0.2, 0.25) is 0 Å². The molecular weight excluding hydrogens is 401 g/mol. The minimum absolute atomic E-state index is 0.106. The van der Waals surface area contributed by atoms with Crippen LogP contribution >= 0.6 is 0 Å². The van der Waals surface area contributed by atoms with E-state index in [9.17, 15) is 12.8 Å². The second-order valence-corrected chi connectivity index (χ2v) is 8.66. The Labute approximate surface area is 175 Å². The Morgan fingerprint density at radius 2 is 1.73 bits per heavy atom. The van der Waals surface area contributed by atoms with Crippen molar-refractivity contribution in [2.45, 2.75) is 31.2 Å². The van der Waals surface area contributed by atoms with Crippen LogP contribution in [-0.4, -0.2) is 18.0 Å². The number of anilines is 1. The van der Waals surface area contributed by atoms with Gasteiger partial charge in [-0.05, 0) is 55.3 Å². The molecule has 0 amide bonds. The van der Waals surface area contributed by atoms with E-state index in [1.807, 2.05) is 30.3 Å². The maximum absolute atomic E-state index is 13.5. The Kier molecular flexibility index (Phi) is 5.55. The predicted molar refractivity (Wildman–Crippen MR) is 116 cm³/mol. The van der Waals surface area contributed by atoms with E-state index in [-0.39, 0.29) is 4.90 Å². The molecule has 0 saturated carbocycles. The molecule has 30 heavy (non-hydrogen) atoms. The van der Waals surface area contributed by atoms with Gasteiger partial charge in [-0.15, -0.1) is 0 Å². The fourth-order valence-electron chi connectivity index (χ4n) is 3.59. The summed E-state index contributed by atoms with van der Waals surface area (Å²) in [6.45, 7) is 2.89. The highest BCUT2D eigenvalue weighted by molar-refractivity contribution is 7.92. The first kappa shape index (κ1) is 20.1. The van der Waals surface area contributed by atoms with E-state index in [1.165, 1.54) is 18.2 Å². The average molecular weight is 424 g/mol. The molecule has 1 heterocycles. The highest BCUT2D eigenvalue weighted by Gasteiger charge is 2.17. The smallest absolute Gasteiger partial charge is 0.262 e. The lowest BCUT2D eigenvalue weighted by Gasteiger charge is -2.13. The van der Waals surface area contributed by atoms with Gasteiger partial charge in [0.05, 0.1) is 21.6 Å². The van der Waals surface area contributed by atoms with Crippen molar-refractivity contribution in [2.75, 3.05) is 4.72 Å². The van der Waals surface area contributed by atoms with Gasteiger partial charge in [0.1, 0.15) is 11.6 Å². The van der Waals surface area contributed by atoms with Crippen molar-refractivity contribution in [1.82, 2.24) is 9.55 Å². The van der Waals surface area contributed by atoms with Crippen molar-refractivity contribution in [3.05, 3.63) is 90.0 Å².